The molecule has 0 radical (unpaired) electrons. The molecule has 0 bridgehead atoms. The molecule has 2 aromatic heterocycles. The summed E-state index contributed by atoms with van der Waals surface area (Å²) in [7, 11) is 1.40. The summed E-state index contributed by atoms with van der Waals surface area (Å²) in [5.74, 6) is 1.18. The van der Waals surface area contributed by atoms with E-state index in [1.54, 1.807) is 18.3 Å². The Bertz CT molecular complexity index is 845. The topological polar surface area (TPSA) is 88.2 Å². The number of carbonyl (C=O) groups excluding carboxylic acids is 1. The van der Waals surface area contributed by atoms with Crippen molar-refractivity contribution in [2.75, 3.05) is 30.8 Å². The van der Waals surface area contributed by atoms with Crippen LogP contribution in [0, 0.1) is 0 Å². The number of anilines is 2. The van der Waals surface area contributed by atoms with Gasteiger partial charge in [0, 0.05) is 30.4 Å². The van der Waals surface area contributed by atoms with E-state index in [0.717, 1.165) is 36.6 Å². The van der Waals surface area contributed by atoms with Gasteiger partial charge in [0.05, 0.1) is 18.4 Å². The Kier molecular flexibility index (Phi) is 6.24. The van der Waals surface area contributed by atoms with Crippen molar-refractivity contribution in [2.45, 2.75) is 50.6 Å². The van der Waals surface area contributed by atoms with Crippen molar-refractivity contribution < 1.29 is 9.53 Å². The molecular weight excluding hydrogens is 366 g/mol. The van der Waals surface area contributed by atoms with Gasteiger partial charge in [-0.05, 0) is 50.1 Å². The molecule has 0 amide bonds. The summed E-state index contributed by atoms with van der Waals surface area (Å²) in [5, 5.41) is 10.3. The third-order valence-corrected chi connectivity index (χ3v) is 5.67. The minimum Gasteiger partial charge on any atom is -0.465 e. The largest absolute Gasteiger partial charge is 0.465 e. The highest BCUT2D eigenvalue weighted by Gasteiger charge is 2.18. The number of rotatable bonds is 6. The van der Waals surface area contributed by atoms with E-state index >= 15 is 0 Å². The summed E-state index contributed by atoms with van der Waals surface area (Å²) in [6.45, 7) is 1.88. The Labute approximate surface area is 171 Å². The summed E-state index contributed by atoms with van der Waals surface area (Å²) in [6.07, 6.45) is 9.06. The minimum atomic E-state index is -0.365. The van der Waals surface area contributed by atoms with Crippen LogP contribution in [0.2, 0.25) is 0 Å². The standard InChI is InChI=1S/C22H29N5O2/c1-29-22(28)16-11-19(27-21(13-16)26-18-8-9-23-14-18)15-7-10-24-20(12-15)25-17-5-3-2-4-6-17/h7,10-13,17-18,23H,2-6,8-9,14H2,1H3,(H,24,25)(H,26,27)/t18-/m0/s1. The highest BCUT2D eigenvalue weighted by atomic mass is 16.5. The smallest absolute Gasteiger partial charge is 0.338 e. The van der Waals surface area contributed by atoms with Crippen LogP contribution in [-0.4, -0.2) is 48.2 Å². The predicted molar refractivity (Wildman–Crippen MR) is 114 cm³/mol. The molecule has 29 heavy (non-hydrogen) atoms. The second-order valence-corrected chi connectivity index (χ2v) is 7.86. The van der Waals surface area contributed by atoms with Gasteiger partial charge in [-0.1, -0.05) is 19.3 Å². The van der Waals surface area contributed by atoms with Crippen LogP contribution in [0.15, 0.2) is 30.5 Å². The first-order valence-electron chi connectivity index (χ1n) is 10.5. The molecular formula is C22H29N5O2. The van der Waals surface area contributed by atoms with Crippen molar-refractivity contribution in [1.82, 2.24) is 15.3 Å². The summed E-state index contributed by atoms with van der Waals surface area (Å²) in [5.41, 5.74) is 2.15. The quantitative estimate of drug-likeness (QED) is 0.646. The SMILES string of the molecule is COC(=O)c1cc(N[C@H]2CCNC2)nc(-c2ccnc(NC3CCCCC3)c2)c1. The number of nitrogens with one attached hydrogen (secondary N) is 3. The van der Waals surface area contributed by atoms with Crippen molar-refractivity contribution in [3.8, 4) is 11.3 Å². The lowest BCUT2D eigenvalue weighted by Crippen LogP contribution is -2.23. The molecule has 7 nitrogen and oxygen atoms in total. The summed E-state index contributed by atoms with van der Waals surface area (Å²) in [6, 6.07) is 8.27. The molecule has 2 fully saturated rings. The van der Waals surface area contributed by atoms with E-state index in [2.05, 4.69) is 20.9 Å². The number of methoxy groups -OCH3 is 1. The molecule has 1 saturated carbocycles. The van der Waals surface area contributed by atoms with Crippen LogP contribution in [0.4, 0.5) is 11.6 Å². The van der Waals surface area contributed by atoms with Crippen LogP contribution in [0.25, 0.3) is 11.3 Å². The highest BCUT2D eigenvalue weighted by molar-refractivity contribution is 5.91. The first-order chi connectivity index (χ1) is 14.2. The Morgan fingerprint density at radius 2 is 1.90 bits per heavy atom. The zero-order valence-corrected chi connectivity index (χ0v) is 16.9. The minimum absolute atomic E-state index is 0.309. The fraction of sp³-hybridized carbons (Fsp3) is 0.500. The number of nitrogens with zero attached hydrogens (tertiary/aromatic N) is 2. The molecule has 1 aliphatic carbocycles. The third-order valence-electron chi connectivity index (χ3n) is 5.67. The maximum Gasteiger partial charge on any atom is 0.338 e. The summed E-state index contributed by atoms with van der Waals surface area (Å²) < 4.78 is 4.94. The number of pyridine rings is 2. The maximum absolute atomic E-state index is 12.2. The lowest BCUT2D eigenvalue weighted by molar-refractivity contribution is 0.0600. The Morgan fingerprint density at radius 1 is 1.07 bits per heavy atom. The summed E-state index contributed by atoms with van der Waals surface area (Å²) in [4.78, 5) is 21.5. The zero-order valence-electron chi connectivity index (χ0n) is 16.9. The zero-order chi connectivity index (χ0) is 20.1. The van der Waals surface area contributed by atoms with Gasteiger partial charge in [0.25, 0.3) is 0 Å². The van der Waals surface area contributed by atoms with Crippen LogP contribution in [-0.2, 0) is 4.74 Å². The van der Waals surface area contributed by atoms with Crippen LogP contribution >= 0.6 is 0 Å². The fourth-order valence-corrected chi connectivity index (χ4v) is 4.10. The molecule has 1 atom stereocenters. The van der Waals surface area contributed by atoms with Gasteiger partial charge in [-0.2, -0.15) is 0 Å². The van der Waals surface area contributed by atoms with Crippen molar-refractivity contribution >= 4 is 17.6 Å². The van der Waals surface area contributed by atoms with Gasteiger partial charge >= 0.3 is 5.97 Å². The highest BCUT2D eigenvalue weighted by Crippen LogP contribution is 2.26. The van der Waals surface area contributed by atoms with Gasteiger partial charge in [0.1, 0.15) is 11.6 Å². The second kappa shape index (κ2) is 9.22. The van der Waals surface area contributed by atoms with Gasteiger partial charge in [-0.15, -0.1) is 0 Å². The van der Waals surface area contributed by atoms with E-state index in [1.807, 2.05) is 12.1 Å². The first kappa shape index (κ1) is 19.6. The van der Waals surface area contributed by atoms with Crippen LogP contribution in [0.5, 0.6) is 0 Å². The van der Waals surface area contributed by atoms with E-state index in [-0.39, 0.29) is 5.97 Å². The molecule has 4 rings (SSSR count). The number of aromatic nitrogens is 2. The number of hydrogen-bond acceptors (Lipinski definition) is 7. The van der Waals surface area contributed by atoms with E-state index in [4.69, 9.17) is 9.72 Å². The summed E-state index contributed by atoms with van der Waals surface area (Å²) >= 11 is 0. The van der Waals surface area contributed by atoms with Crippen LogP contribution < -0.4 is 16.0 Å². The van der Waals surface area contributed by atoms with Crippen LogP contribution in [0.1, 0.15) is 48.9 Å². The first-order valence-corrected chi connectivity index (χ1v) is 10.5. The maximum atomic E-state index is 12.2. The molecule has 0 unspecified atom stereocenters. The Hall–Kier alpha value is -2.67. The average molecular weight is 396 g/mol. The molecule has 1 aliphatic heterocycles. The van der Waals surface area contributed by atoms with Gasteiger partial charge in [-0.25, -0.2) is 14.8 Å². The molecule has 2 aliphatic rings. The van der Waals surface area contributed by atoms with E-state index in [1.165, 1.54) is 39.2 Å². The van der Waals surface area contributed by atoms with Gasteiger partial charge in [-0.3, -0.25) is 0 Å². The Morgan fingerprint density at radius 3 is 2.66 bits per heavy atom. The molecule has 154 valence electrons. The number of carbonyl (C=O) groups is 1. The normalized spacial score (nSPS) is 19.7. The molecule has 3 N–H and O–H groups in total. The van der Waals surface area contributed by atoms with Crippen molar-refractivity contribution in [3.05, 3.63) is 36.0 Å². The Balaban J connectivity index is 1.60. The van der Waals surface area contributed by atoms with Crippen LogP contribution in [0.3, 0.4) is 0 Å². The van der Waals surface area contributed by atoms with E-state index in [9.17, 15) is 4.79 Å². The lowest BCUT2D eigenvalue weighted by atomic mass is 9.95. The van der Waals surface area contributed by atoms with Gasteiger partial charge in [0.2, 0.25) is 0 Å². The molecule has 1 saturated heterocycles. The van der Waals surface area contributed by atoms with Gasteiger partial charge < -0.3 is 20.7 Å². The number of hydrogen-bond donors (Lipinski definition) is 3. The number of esters is 1. The monoisotopic (exact) mass is 395 g/mol. The predicted octanol–water partition coefficient (Wildman–Crippen LogP) is 3.45. The van der Waals surface area contributed by atoms with Crippen molar-refractivity contribution in [2.24, 2.45) is 0 Å². The third kappa shape index (κ3) is 5.03. The van der Waals surface area contributed by atoms with E-state index < -0.39 is 0 Å². The average Bonchev–Trinajstić information content (AvgIpc) is 3.27. The van der Waals surface area contributed by atoms with Crippen molar-refractivity contribution in [1.29, 1.82) is 0 Å². The van der Waals surface area contributed by atoms with Crippen molar-refractivity contribution in [3.63, 3.8) is 0 Å². The fourth-order valence-electron chi connectivity index (χ4n) is 4.10. The molecule has 3 heterocycles. The second-order valence-electron chi connectivity index (χ2n) is 7.86. The molecule has 7 heteroatoms. The molecule has 2 aromatic rings. The van der Waals surface area contributed by atoms with E-state index in [0.29, 0.717) is 23.5 Å². The van der Waals surface area contributed by atoms with Gasteiger partial charge in [0.15, 0.2) is 0 Å². The molecule has 0 aromatic carbocycles. The lowest BCUT2D eigenvalue weighted by Gasteiger charge is -2.23. The molecule has 0 spiro atoms. The number of ether oxygens (including phenoxy) is 1.